The Labute approximate surface area is 153 Å². The first-order valence-corrected chi connectivity index (χ1v) is 10.0. The molecule has 0 saturated carbocycles. The maximum Gasteiger partial charge on any atom is 0.239 e. The van der Waals surface area contributed by atoms with Crippen molar-refractivity contribution in [3.63, 3.8) is 0 Å². The lowest BCUT2D eigenvalue weighted by molar-refractivity contribution is -0.119. The van der Waals surface area contributed by atoms with E-state index in [1.54, 1.807) is 17.7 Å². The Bertz CT molecular complexity index is 696. The van der Waals surface area contributed by atoms with Gasteiger partial charge in [-0.15, -0.1) is 11.3 Å². The second-order valence-corrected chi connectivity index (χ2v) is 7.58. The number of likely N-dealkylation sites (tertiary alicyclic amines) is 1. The molecule has 0 unspecified atom stereocenters. The number of aromatic nitrogens is 2. The second kappa shape index (κ2) is 9.10. The highest BCUT2D eigenvalue weighted by atomic mass is 32.1. The minimum absolute atomic E-state index is 0.0129. The van der Waals surface area contributed by atoms with Crippen molar-refractivity contribution < 1.29 is 4.79 Å². The van der Waals surface area contributed by atoms with Crippen LogP contribution in [-0.4, -0.2) is 53.5 Å². The molecule has 0 bridgehead atoms. The van der Waals surface area contributed by atoms with Crippen molar-refractivity contribution >= 4 is 33.3 Å². The van der Waals surface area contributed by atoms with Gasteiger partial charge in [-0.2, -0.15) is 0 Å². The molecule has 1 amide bonds. The summed E-state index contributed by atoms with van der Waals surface area (Å²) in [5.41, 5.74) is 0. The molecule has 2 aromatic rings. The highest BCUT2D eigenvalue weighted by Crippen LogP contribution is 2.28. The average Bonchev–Trinajstić information content (AvgIpc) is 3.28. The van der Waals surface area contributed by atoms with Crippen molar-refractivity contribution in [3.8, 4) is 0 Å². The molecule has 6 nitrogen and oxygen atoms in total. The van der Waals surface area contributed by atoms with Gasteiger partial charge < -0.3 is 15.5 Å². The number of rotatable bonds is 9. The molecule has 0 atom stereocenters. The summed E-state index contributed by atoms with van der Waals surface area (Å²) in [6.07, 6.45) is 7.39. The van der Waals surface area contributed by atoms with Crippen molar-refractivity contribution in [3.05, 3.63) is 17.3 Å². The van der Waals surface area contributed by atoms with Gasteiger partial charge in [-0.1, -0.05) is 6.92 Å². The zero-order valence-corrected chi connectivity index (χ0v) is 15.7. The van der Waals surface area contributed by atoms with Crippen molar-refractivity contribution in [2.45, 2.75) is 39.0 Å². The van der Waals surface area contributed by atoms with Crippen LogP contribution < -0.4 is 10.6 Å². The Morgan fingerprint density at radius 1 is 1.28 bits per heavy atom. The molecule has 1 saturated heterocycles. The number of amides is 1. The van der Waals surface area contributed by atoms with Crippen LogP contribution in [0.5, 0.6) is 0 Å². The minimum Gasteiger partial charge on any atom is -0.360 e. The zero-order chi connectivity index (χ0) is 17.5. The van der Waals surface area contributed by atoms with Crippen molar-refractivity contribution in [1.82, 2.24) is 20.2 Å². The number of unbranched alkanes of at least 4 members (excludes halogenated alkanes) is 1. The fourth-order valence-electron chi connectivity index (χ4n) is 3.14. The number of hydrogen-bond donors (Lipinski definition) is 2. The quantitative estimate of drug-likeness (QED) is 0.672. The predicted molar refractivity (Wildman–Crippen MR) is 103 cm³/mol. The van der Waals surface area contributed by atoms with Crippen LogP contribution in [0.3, 0.4) is 0 Å². The van der Waals surface area contributed by atoms with Crippen molar-refractivity contribution in [1.29, 1.82) is 0 Å². The molecule has 2 aromatic heterocycles. The highest BCUT2D eigenvalue weighted by molar-refractivity contribution is 7.18. The van der Waals surface area contributed by atoms with Gasteiger partial charge in [-0.05, 0) is 57.8 Å². The van der Waals surface area contributed by atoms with E-state index in [-0.39, 0.29) is 12.5 Å². The maximum atomic E-state index is 12.0. The summed E-state index contributed by atoms with van der Waals surface area (Å²) in [5.74, 6) is 0.754. The lowest BCUT2D eigenvalue weighted by atomic mass is 10.3. The molecule has 1 aliphatic heterocycles. The van der Waals surface area contributed by atoms with Crippen LogP contribution in [0.15, 0.2) is 12.4 Å². The Morgan fingerprint density at radius 2 is 2.12 bits per heavy atom. The van der Waals surface area contributed by atoms with E-state index in [1.807, 2.05) is 0 Å². The molecule has 3 heterocycles. The van der Waals surface area contributed by atoms with E-state index in [0.717, 1.165) is 48.4 Å². The van der Waals surface area contributed by atoms with E-state index in [4.69, 9.17) is 0 Å². The summed E-state index contributed by atoms with van der Waals surface area (Å²) >= 11 is 1.68. The van der Waals surface area contributed by atoms with E-state index in [9.17, 15) is 4.79 Å². The fourth-order valence-corrected chi connectivity index (χ4v) is 4.08. The molecule has 25 heavy (non-hydrogen) atoms. The Hall–Kier alpha value is -1.73. The van der Waals surface area contributed by atoms with Crippen molar-refractivity contribution in [2.24, 2.45) is 0 Å². The molecular formula is C18H27N5OS. The van der Waals surface area contributed by atoms with Gasteiger partial charge in [-0.3, -0.25) is 4.79 Å². The van der Waals surface area contributed by atoms with E-state index in [1.165, 1.54) is 30.8 Å². The first-order chi connectivity index (χ1) is 12.3. The van der Waals surface area contributed by atoms with Crippen molar-refractivity contribution in [2.75, 3.05) is 38.0 Å². The lowest BCUT2D eigenvalue weighted by Crippen LogP contribution is -2.31. The summed E-state index contributed by atoms with van der Waals surface area (Å²) in [6, 6.07) is 2.11. The summed E-state index contributed by atoms with van der Waals surface area (Å²) in [4.78, 5) is 25.3. The number of nitrogens with one attached hydrogen (secondary N) is 2. The molecule has 7 heteroatoms. The molecular weight excluding hydrogens is 334 g/mol. The van der Waals surface area contributed by atoms with E-state index >= 15 is 0 Å². The number of thiophene rings is 1. The van der Waals surface area contributed by atoms with Crippen LogP contribution in [0.25, 0.3) is 10.2 Å². The SMILES string of the molecule is CCc1cc2c(NCC(=O)NCCCCN3CCCC3)ncnc2s1. The Kier molecular flexibility index (Phi) is 6.58. The molecule has 1 fully saturated rings. The number of anilines is 1. The van der Waals surface area contributed by atoms with Gasteiger partial charge in [0, 0.05) is 11.4 Å². The summed E-state index contributed by atoms with van der Waals surface area (Å²) < 4.78 is 0. The van der Waals surface area contributed by atoms with E-state index < -0.39 is 0 Å². The van der Waals surface area contributed by atoms with Crippen LogP contribution in [0, 0.1) is 0 Å². The topological polar surface area (TPSA) is 70.2 Å². The number of aryl methyl sites for hydroxylation is 1. The monoisotopic (exact) mass is 361 g/mol. The van der Waals surface area contributed by atoms with Crippen LogP contribution in [0.1, 0.15) is 37.5 Å². The van der Waals surface area contributed by atoms with Crippen LogP contribution in [0.4, 0.5) is 5.82 Å². The minimum atomic E-state index is 0.0129. The normalized spacial score (nSPS) is 14.9. The van der Waals surface area contributed by atoms with Gasteiger partial charge in [0.1, 0.15) is 17.0 Å². The van der Waals surface area contributed by atoms with Crippen LogP contribution in [0.2, 0.25) is 0 Å². The van der Waals surface area contributed by atoms with E-state index in [2.05, 4.69) is 38.5 Å². The summed E-state index contributed by atoms with van der Waals surface area (Å²) in [5, 5.41) is 7.13. The number of fused-ring (bicyclic) bond motifs is 1. The van der Waals surface area contributed by atoms with Crippen LogP contribution >= 0.6 is 11.3 Å². The molecule has 3 rings (SSSR count). The van der Waals surface area contributed by atoms with E-state index in [0.29, 0.717) is 0 Å². The largest absolute Gasteiger partial charge is 0.360 e. The molecule has 136 valence electrons. The predicted octanol–water partition coefficient (Wildman–Crippen LogP) is 2.66. The molecule has 1 aliphatic rings. The third kappa shape index (κ3) is 5.12. The maximum absolute atomic E-state index is 12.0. The van der Waals surface area contributed by atoms with Gasteiger partial charge >= 0.3 is 0 Å². The molecule has 0 radical (unpaired) electrons. The molecule has 0 aromatic carbocycles. The Morgan fingerprint density at radius 3 is 2.92 bits per heavy atom. The summed E-state index contributed by atoms with van der Waals surface area (Å²) in [6.45, 7) is 6.76. The highest BCUT2D eigenvalue weighted by Gasteiger charge is 2.11. The second-order valence-electron chi connectivity index (χ2n) is 6.47. The average molecular weight is 362 g/mol. The summed E-state index contributed by atoms with van der Waals surface area (Å²) in [7, 11) is 0. The number of carbonyl (C=O) groups is 1. The lowest BCUT2D eigenvalue weighted by Gasteiger charge is -2.14. The first-order valence-electron chi connectivity index (χ1n) is 9.22. The zero-order valence-electron chi connectivity index (χ0n) is 14.9. The number of carbonyl (C=O) groups excluding carboxylic acids is 1. The van der Waals surface area contributed by atoms with Gasteiger partial charge in [0.15, 0.2) is 0 Å². The van der Waals surface area contributed by atoms with Gasteiger partial charge in [0.05, 0.1) is 11.9 Å². The van der Waals surface area contributed by atoms with Crippen LogP contribution in [-0.2, 0) is 11.2 Å². The smallest absolute Gasteiger partial charge is 0.239 e. The molecule has 2 N–H and O–H groups in total. The number of nitrogens with zero attached hydrogens (tertiary/aromatic N) is 3. The third-order valence-corrected chi connectivity index (χ3v) is 5.75. The standard InChI is InChI=1S/C18H27N5OS/c1-2-14-11-15-17(21-13-22-18(15)25-14)20-12-16(24)19-7-3-4-8-23-9-5-6-10-23/h11,13H,2-10,12H2,1H3,(H,19,24)(H,20,21,22). The fraction of sp³-hybridized carbons (Fsp3) is 0.611. The molecule has 0 aliphatic carbocycles. The Balaban J connectivity index is 1.38. The third-order valence-electron chi connectivity index (χ3n) is 4.57. The first kappa shape index (κ1) is 18.1. The number of hydrogen-bond acceptors (Lipinski definition) is 6. The van der Waals surface area contributed by atoms with Gasteiger partial charge in [-0.25, -0.2) is 9.97 Å². The van der Waals surface area contributed by atoms with Gasteiger partial charge in [0.2, 0.25) is 5.91 Å². The van der Waals surface area contributed by atoms with Gasteiger partial charge in [0.25, 0.3) is 0 Å². The molecule has 0 spiro atoms.